The summed E-state index contributed by atoms with van der Waals surface area (Å²) < 4.78 is 26.0. The molecule has 1 aromatic carbocycles. The summed E-state index contributed by atoms with van der Waals surface area (Å²) in [5.41, 5.74) is 1.82. The number of hydrogen-bond donors (Lipinski definition) is 3. The van der Waals surface area contributed by atoms with Gasteiger partial charge in [0.15, 0.2) is 11.6 Å². The van der Waals surface area contributed by atoms with Crippen LogP contribution in [0, 0.1) is 17.6 Å². The molecule has 0 spiro atoms. The summed E-state index contributed by atoms with van der Waals surface area (Å²) in [6.45, 7) is 1.15. The van der Waals surface area contributed by atoms with Crippen LogP contribution in [-0.2, 0) is 4.79 Å². The summed E-state index contributed by atoms with van der Waals surface area (Å²) in [6.07, 6.45) is 3.50. The minimum Gasteiger partial charge on any atom is -0.325 e. The lowest BCUT2D eigenvalue weighted by molar-refractivity contribution is -0.129. The number of hydroxylamine groups is 1. The van der Waals surface area contributed by atoms with Crippen molar-refractivity contribution in [1.82, 2.24) is 10.4 Å². The first-order valence-electron chi connectivity index (χ1n) is 7.93. The van der Waals surface area contributed by atoms with Crippen molar-refractivity contribution in [3.8, 4) is 0 Å². The van der Waals surface area contributed by atoms with Gasteiger partial charge in [-0.15, -0.1) is 0 Å². The maximum atomic E-state index is 13.1. The van der Waals surface area contributed by atoms with Crippen LogP contribution in [0.4, 0.5) is 19.3 Å². The van der Waals surface area contributed by atoms with Crippen molar-refractivity contribution in [3.05, 3.63) is 29.8 Å². The molecular weight excluding hydrogens is 320 g/mol. The van der Waals surface area contributed by atoms with E-state index in [1.54, 1.807) is 10.4 Å². The van der Waals surface area contributed by atoms with Gasteiger partial charge in [0.1, 0.15) is 0 Å². The predicted octanol–water partition coefficient (Wildman–Crippen LogP) is 2.88. The van der Waals surface area contributed by atoms with Crippen molar-refractivity contribution >= 4 is 17.6 Å². The standard InChI is InChI=1S/C16H21F2N3O3/c17-13-5-4-12(10-14(13)18)19-16(23)21-8-6-11(7-9-21)2-1-3-15(22)20-24/h4-5,10-11,24H,1-3,6-9H2,(H,19,23)(H,20,22). The minimum absolute atomic E-state index is 0.219. The molecular formula is C16H21F2N3O3. The molecule has 2 rings (SSSR count). The zero-order chi connectivity index (χ0) is 17.5. The highest BCUT2D eigenvalue weighted by molar-refractivity contribution is 5.89. The normalized spacial score (nSPS) is 15.2. The van der Waals surface area contributed by atoms with Gasteiger partial charge in [-0.1, -0.05) is 0 Å². The number of halogens is 2. The molecule has 24 heavy (non-hydrogen) atoms. The SMILES string of the molecule is O=C(CCCC1CCN(C(=O)Nc2ccc(F)c(F)c2)CC1)NO. The Balaban J connectivity index is 1.74. The molecule has 1 aliphatic heterocycles. The number of carbonyl (C=O) groups excluding carboxylic acids is 2. The van der Waals surface area contributed by atoms with Gasteiger partial charge >= 0.3 is 6.03 Å². The lowest BCUT2D eigenvalue weighted by Gasteiger charge is -2.32. The Morgan fingerprint density at radius 3 is 2.54 bits per heavy atom. The Bertz CT molecular complexity index is 590. The van der Waals surface area contributed by atoms with Gasteiger partial charge in [-0.3, -0.25) is 10.0 Å². The third-order valence-electron chi connectivity index (χ3n) is 4.21. The Hall–Kier alpha value is -2.22. The number of nitrogens with one attached hydrogen (secondary N) is 2. The summed E-state index contributed by atoms with van der Waals surface area (Å²) in [5, 5.41) is 11.0. The molecule has 1 aliphatic rings. The number of carbonyl (C=O) groups is 2. The van der Waals surface area contributed by atoms with Crippen molar-refractivity contribution in [3.63, 3.8) is 0 Å². The molecule has 6 nitrogen and oxygen atoms in total. The number of piperidine rings is 1. The van der Waals surface area contributed by atoms with Crippen LogP contribution in [0.1, 0.15) is 32.1 Å². The quantitative estimate of drug-likeness (QED) is 0.569. The van der Waals surface area contributed by atoms with E-state index in [2.05, 4.69) is 5.32 Å². The molecule has 0 radical (unpaired) electrons. The van der Waals surface area contributed by atoms with Gasteiger partial charge in [0.2, 0.25) is 5.91 Å². The zero-order valence-corrected chi connectivity index (χ0v) is 13.2. The van der Waals surface area contributed by atoms with E-state index in [-0.39, 0.29) is 18.1 Å². The Kier molecular flexibility index (Phi) is 6.48. The first kappa shape index (κ1) is 18.1. The Morgan fingerprint density at radius 1 is 1.21 bits per heavy atom. The number of benzene rings is 1. The molecule has 3 N–H and O–H groups in total. The van der Waals surface area contributed by atoms with Crippen molar-refractivity contribution < 1.29 is 23.6 Å². The van der Waals surface area contributed by atoms with E-state index < -0.39 is 17.5 Å². The van der Waals surface area contributed by atoms with E-state index in [1.807, 2.05) is 0 Å². The fourth-order valence-electron chi connectivity index (χ4n) is 2.81. The summed E-state index contributed by atoms with van der Waals surface area (Å²) in [4.78, 5) is 24.7. The lowest BCUT2D eigenvalue weighted by atomic mass is 9.91. The van der Waals surface area contributed by atoms with Crippen LogP contribution in [0.25, 0.3) is 0 Å². The molecule has 8 heteroatoms. The second-order valence-corrected chi connectivity index (χ2v) is 5.92. The van der Waals surface area contributed by atoms with Gasteiger partial charge in [-0.2, -0.15) is 0 Å². The maximum Gasteiger partial charge on any atom is 0.321 e. The van der Waals surface area contributed by atoms with Crippen LogP contribution in [0.5, 0.6) is 0 Å². The van der Waals surface area contributed by atoms with E-state index in [1.165, 1.54) is 6.07 Å². The van der Waals surface area contributed by atoms with Crippen LogP contribution >= 0.6 is 0 Å². The van der Waals surface area contributed by atoms with E-state index in [0.717, 1.165) is 31.4 Å². The molecule has 1 fully saturated rings. The fraction of sp³-hybridized carbons (Fsp3) is 0.500. The average molecular weight is 341 g/mol. The van der Waals surface area contributed by atoms with Gasteiger partial charge in [-0.25, -0.2) is 19.1 Å². The van der Waals surface area contributed by atoms with Gasteiger partial charge in [-0.05, 0) is 43.7 Å². The highest BCUT2D eigenvalue weighted by Crippen LogP contribution is 2.23. The first-order valence-corrected chi connectivity index (χ1v) is 7.93. The van der Waals surface area contributed by atoms with Gasteiger partial charge in [0, 0.05) is 31.3 Å². The van der Waals surface area contributed by atoms with Gasteiger partial charge in [0.05, 0.1) is 0 Å². The molecule has 1 saturated heterocycles. The van der Waals surface area contributed by atoms with E-state index in [4.69, 9.17) is 5.21 Å². The Labute approximate surface area is 138 Å². The van der Waals surface area contributed by atoms with E-state index in [9.17, 15) is 18.4 Å². The number of urea groups is 1. The molecule has 1 aromatic rings. The van der Waals surface area contributed by atoms with Crippen LogP contribution < -0.4 is 10.8 Å². The molecule has 0 aromatic heterocycles. The monoisotopic (exact) mass is 341 g/mol. The first-order chi connectivity index (χ1) is 11.5. The number of hydrogen-bond acceptors (Lipinski definition) is 3. The summed E-state index contributed by atoms with van der Waals surface area (Å²) in [6, 6.07) is 2.90. The van der Waals surface area contributed by atoms with Crippen LogP contribution in [0.15, 0.2) is 18.2 Å². The van der Waals surface area contributed by atoms with Gasteiger partial charge in [0.25, 0.3) is 0 Å². The molecule has 1 heterocycles. The smallest absolute Gasteiger partial charge is 0.321 e. The molecule has 0 saturated carbocycles. The predicted molar refractivity (Wildman–Crippen MR) is 83.5 cm³/mol. The molecule has 0 aliphatic carbocycles. The largest absolute Gasteiger partial charge is 0.325 e. The maximum absolute atomic E-state index is 13.1. The third kappa shape index (κ3) is 5.16. The molecule has 0 bridgehead atoms. The van der Waals surface area contributed by atoms with Crippen LogP contribution in [-0.4, -0.2) is 35.1 Å². The van der Waals surface area contributed by atoms with Crippen LogP contribution in [0.3, 0.4) is 0 Å². The lowest BCUT2D eigenvalue weighted by Crippen LogP contribution is -2.41. The number of likely N-dealkylation sites (tertiary alicyclic amines) is 1. The summed E-state index contributed by atoms with van der Waals surface area (Å²) in [7, 11) is 0. The second-order valence-electron chi connectivity index (χ2n) is 5.92. The summed E-state index contributed by atoms with van der Waals surface area (Å²) >= 11 is 0. The van der Waals surface area contributed by atoms with Crippen molar-refractivity contribution in [2.45, 2.75) is 32.1 Å². The number of anilines is 1. The van der Waals surface area contributed by atoms with Gasteiger partial charge < -0.3 is 10.2 Å². The molecule has 0 atom stereocenters. The molecule has 3 amide bonds. The number of nitrogens with zero attached hydrogens (tertiary/aromatic N) is 1. The number of amides is 3. The average Bonchev–Trinajstić information content (AvgIpc) is 2.58. The molecule has 132 valence electrons. The minimum atomic E-state index is -1.00. The molecule has 0 unspecified atom stereocenters. The van der Waals surface area contributed by atoms with Crippen molar-refractivity contribution in [1.29, 1.82) is 0 Å². The van der Waals surface area contributed by atoms with Crippen LogP contribution in [0.2, 0.25) is 0 Å². The van der Waals surface area contributed by atoms with E-state index in [0.29, 0.717) is 25.4 Å². The fourth-order valence-corrected chi connectivity index (χ4v) is 2.81. The topological polar surface area (TPSA) is 81.7 Å². The summed E-state index contributed by atoms with van der Waals surface area (Å²) in [5.74, 6) is -1.91. The van der Waals surface area contributed by atoms with Crippen molar-refractivity contribution in [2.75, 3.05) is 18.4 Å². The van der Waals surface area contributed by atoms with E-state index >= 15 is 0 Å². The second kappa shape index (κ2) is 8.58. The highest BCUT2D eigenvalue weighted by atomic mass is 19.2. The Morgan fingerprint density at radius 2 is 1.92 bits per heavy atom. The third-order valence-corrected chi connectivity index (χ3v) is 4.21. The number of rotatable bonds is 5. The highest BCUT2D eigenvalue weighted by Gasteiger charge is 2.23. The zero-order valence-electron chi connectivity index (χ0n) is 13.2. The van der Waals surface area contributed by atoms with Crippen molar-refractivity contribution in [2.24, 2.45) is 5.92 Å².